The Morgan fingerprint density at radius 2 is 1.71 bits per heavy atom. The molecule has 112 valence electrons. The van der Waals surface area contributed by atoms with E-state index in [2.05, 4.69) is 36.8 Å². The van der Waals surface area contributed by atoms with Gasteiger partial charge >= 0.3 is 0 Å². The average molecular weight is 435 g/mol. The zero-order valence-electron chi connectivity index (χ0n) is 11.1. The van der Waals surface area contributed by atoms with E-state index in [0.717, 1.165) is 5.56 Å². The average Bonchev–Trinajstić information content (AvgIpc) is 2.38. The summed E-state index contributed by atoms with van der Waals surface area (Å²) in [6.45, 7) is 0.258. The van der Waals surface area contributed by atoms with Crippen molar-refractivity contribution in [2.45, 2.75) is 11.4 Å². The predicted octanol–water partition coefficient (Wildman–Crippen LogP) is 3.01. The minimum atomic E-state index is -3.65. The fraction of sp³-hybridized carbons (Fsp3) is 0.154. The Kier molecular flexibility index (Phi) is 5.03. The number of anilines is 1. The Labute approximate surface area is 140 Å². The molecule has 0 aliphatic carbocycles. The van der Waals surface area contributed by atoms with Gasteiger partial charge in [-0.05, 0) is 61.7 Å². The highest BCUT2D eigenvalue weighted by molar-refractivity contribution is 9.11. The van der Waals surface area contributed by atoms with Crippen molar-refractivity contribution < 1.29 is 8.42 Å². The molecule has 0 radical (unpaired) electrons. The van der Waals surface area contributed by atoms with E-state index in [1.807, 2.05) is 0 Å². The quantitative estimate of drug-likeness (QED) is 0.750. The maximum absolute atomic E-state index is 12.7. The molecule has 0 unspecified atom stereocenters. The van der Waals surface area contributed by atoms with Crippen molar-refractivity contribution in [1.82, 2.24) is 9.29 Å². The maximum Gasteiger partial charge on any atom is 0.245 e. The van der Waals surface area contributed by atoms with Crippen molar-refractivity contribution in [1.29, 1.82) is 0 Å². The monoisotopic (exact) mass is 433 g/mol. The van der Waals surface area contributed by atoms with Gasteiger partial charge in [-0.2, -0.15) is 4.31 Å². The number of nitrogen functional groups attached to an aromatic ring is 1. The number of benzene rings is 1. The molecule has 1 aromatic heterocycles. The summed E-state index contributed by atoms with van der Waals surface area (Å²) in [6, 6.07) is 6.69. The Balaban J connectivity index is 2.38. The molecule has 0 spiro atoms. The molecular weight excluding hydrogens is 422 g/mol. The summed E-state index contributed by atoms with van der Waals surface area (Å²) < 4.78 is 27.5. The van der Waals surface area contributed by atoms with Crippen molar-refractivity contribution >= 4 is 47.6 Å². The van der Waals surface area contributed by atoms with Crippen LogP contribution in [0.2, 0.25) is 0 Å². The first-order chi connectivity index (χ1) is 9.82. The first-order valence-electron chi connectivity index (χ1n) is 5.92. The summed E-state index contributed by atoms with van der Waals surface area (Å²) in [4.78, 5) is 4.07. The van der Waals surface area contributed by atoms with E-state index >= 15 is 0 Å². The molecule has 0 aliphatic rings. The number of nitrogens with zero attached hydrogens (tertiary/aromatic N) is 2. The Bertz CT molecular complexity index is 728. The molecule has 21 heavy (non-hydrogen) atoms. The molecule has 5 nitrogen and oxygen atoms in total. The van der Waals surface area contributed by atoms with E-state index in [1.54, 1.807) is 36.7 Å². The van der Waals surface area contributed by atoms with Crippen LogP contribution in [0.1, 0.15) is 5.56 Å². The van der Waals surface area contributed by atoms with Gasteiger partial charge in [-0.3, -0.25) is 4.98 Å². The number of hydrogen-bond acceptors (Lipinski definition) is 4. The van der Waals surface area contributed by atoms with Gasteiger partial charge in [0.25, 0.3) is 0 Å². The van der Waals surface area contributed by atoms with Crippen LogP contribution in [0.4, 0.5) is 5.69 Å². The highest BCUT2D eigenvalue weighted by Crippen LogP contribution is 2.34. The number of hydrogen-bond donors (Lipinski definition) is 1. The molecule has 0 saturated heterocycles. The van der Waals surface area contributed by atoms with Crippen molar-refractivity contribution in [3.63, 3.8) is 0 Å². The molecule has 0 saturated carbocycles. The third-order valence-electron chi connectivity index (χ3n) is 2.84. The molecule has 0 amide bonds. The van der Waals surface area contributed by atoms with Crippen LogP contribution >= 0.6 is 31.9 Å². The summed E-state index contributed by atoms with van der Waals surface area (Å²) in [5.41, 5.74) is 7.03. The van der Waals surface area contributed by atoms with Crippen LogP contribution in [0.3, 0.4) is 0 Å². The molecule has 0 aliphatic heterocycles. The van der Waals surface area contributed by atoms with E-state index < -0.39 is 10.0 Å². The van der Waals surface area contributed by atoms with Crippen molar-refractivity contribution in [2.75, 3.05) is 12.8 Å². The molecule has 1 aromatic carbocycles. The molecule has 2 N–H and O–H groups in total. The van der Waals surface area contributed by atoms with Gasteiger partial charge in [0.2, 0.25) is 10.0 Å². The molecule has 0 atom stereocenters. The number of halogens is 2. The van der Waals surface area contributed by atoms with Gasteiger partial charge in [0.05, 0.1) is 0 Å². The summed E-state index contributed by atoms with van der Waals surface area (Å²) in [7, 11) is -2.12. The van der Waals surface area contributed by atoms with Gasteiger partial charge in [0.1, 0.15) is 4.90 Å². The second-order valence-electron chi connectivity index (χ2n) is 4.43. The van der Waals surface area contributed by atoms with Crippen LogP contribution in [0.5, 0.6) is 0 Å². The normalized spacial score (nSPS) is 11.8. The van der Waals surface area contributed by atoms with Gasteiger partial charge in [-0.15, -0.1) is 0 Å². The van der Waals surface area contributed by atoms with E-state index in [1.165, 1.54) is 11.4 Å². The summed E-state index contributed by atoms with van der Waals surface area (Å²) in [6.07, 6.45) is 3.26. The van der Waals surface area contributed by atoms with Crippen LogP contribution in [0, 0.1) is 0 Å². The minimum absolute atomic E-state index is 0.160. The minimum Gasteiger partial charge on any atom is -0.399 e. The van der Waals surface area contributed by atoms with Crippen LogP contribution in [0.25, 0.3) is 0 Å². The van der Waals surface area contributed by atoms with E-state index in [0.29, 0.717) is 14.6 Å². The standard InChI is InChI=1S/C13H13Br2N3O2S/c1-18(8-9-2-4-17-5-3-9)21(19,20)13-11(14)6-10(16)7-12(13)15/h2-7H,8,16H2,1H3. The number of sulfonamides is 1. The highest BCUT2D eigenvalue weighted by atomic mass is 79.9. The van der Waals surface area contributed by atoms with Crippen molar-refractivity contribution in [3.8, 4) is 0 Å². The van der Waals surface area contributed by atoms with Crippen LogP contribution in [0.15, 0.2) is 50.5 Å². The van der Waals surface area contributed by atoms with Crippen LogP contribution < -0.4 is 5.73 Å². The van der Waals surface area contributed by atoms with Gasteiger partial charge in [0.15, 0.2) is 0 Å². The Morgan fingerprint density at radius 1 is 1.19 bits per heavy atom. The lowest BCUT2D eigenvalue weighted by molar-refractivity contribution is 0.466. The fourth-order valence-corrected chi connectivity index (χ4v) is 5.50. The molecule has 2 rings (SSSR count). The number of rotatable bonds is 4. The third kappa shape index (κ3) is 3.63. The predicted molar refractivity (Wildman–Crippen MR) is 89.1 cm³/mol. The lowest BCUT2D eigenvalue weighted by Gasteiger charge is -2.19. The van der Waals surface area contributed by atoms with Crippen LogP contribution in [-0.4, -0.2) is 24.8 Å². The lowest BCUT2D eigenvalue weighted by Crippen LogP contribution is -2.27. The number of aromatic nitrogens is 1. The molecule has 0 bridgehead atoms. The lowest BCUT2D eigenvalue weighted by atomic mass is 10.3. The fourth-order valence-electron chi connectivity index (χ4n) is 1.81. The summed E-state index contributed by atoms with van der Waals surface area (Å²) >= 11 is 6.52. The van der Waals surface area contributed by atoms with E-state index in [-0.39, 0.29) is 11.4 Å². The van der Waals surface area contributed by atoms with E-state index in [9.17, 15) is 8.42 Å². The van der Waals surface area contributed by atoms with E-state index in [4.69, 9.17) is 5.73 Å². The smallest absolute Gasteiger partial charge is 0.245 e. The zero-order valence-corrected chi connectivity index (χ0v) is 15.1. The molecule has 1 heterocycles. The molecule has 8 heteroatoms. The molecule has 0 fully saturated rings. The maximum atomic E-state index is 12.7. The molecule has 2 aromatic rings. The number of pyridine rings is 1. The topological polar surface area (TPSA) is 76.3 Å². The Hall–Kier alpha value is -0.960. The first-order valence-corrected chi connectivity index (χ1v) is 8.94. The van der Waals surface area contributed by atoms with Gasteiger partial charge in [0, 0.05) is 40.6 Å². The van der Waals surface area contributed by atoms with Gasteiger partial charge in [-0.25, -0.2) is 8.42 Å². The molecular formula is C13H13Br2N3O2S. The van der Waals surface area contributed by atoms with Gasteiger partial charge < -0.3 is 5.73 Å². The van der Waals surface area contributed by atoms with Crippen LogP contribution in [-0.2, 0) is 16.6 Å². The zero-order chi connectivity index (χ0) is 15.6. The third-order valence-corrected chi connectivity index (χ3v) is 6.52. The largest absolute Gasteiger partial charge is 0.399 e. The second kappa shape index (κ2) is 6.43. The Morgan fingerprint density at radius 3 is 2.24 bits per heavy atom. The van der Waals surface area contributed by atoms with Crippen molar-refractivity contribution in [2.24, 2.45) is 0 Å². The second-order valence-corrected chi connectivity index (χ2v) is 8.12. The highest BCUT2D eigenvalue weighted by Gasteiger charge is 2.26. The number of nitrogens with two attached hydrogens (primary N) is 1. The van der Waals surface area contributed by atoms with Crippen molar-refractivity contribution in [3.05, 3.63) is 51.2 Å². The summed E-state index contributed by atoms with van der Waals surface area (Å²) in [5.74, 6) is 0. The SMILES string of the molecule is CN(Cc1ccncc1)S(=O)(=O)c1c(Br)cc(N)cc1Br. The summed E-state index contributed by atoms with van der Waals surface area (Å²) in [5, 5.41) is 0. The first kappa shape index (κ1) is 16.4. The van der Waals surface area contributed by atoms with Gasteiger partial charge in [-0.1, -0.05) is 0 Å².